The highest BCUT2D eigenvalue weighted by Gasteiger charge is 2.74. The second-order valence-electron chi connectivity index (χ2n) is 17.1. The number of aliphatic hydroxyl groups is 1. The van der Waals surface area contributed by atoms with Crippen LogP contribution >= 0.6 is 0 Å². The Bertz CT molecular complexity index is 2910. The molecule has 10 rings (SSSR count). The van der Waals surface area contributed by atoms with Crippen molar-refractivity contribution < 1.29 is 43.2 Å². The normalized spacial score (nSPS) is 22.6. The maximum Gasteiger partial charge on any atom is 0.324 e. The van der Waals surface area contributed by atoms with Crippen molar-refractivity contribution in [2.24, 2.45) is 5.92 Å². The highest BCUT2D eigenvalue weighted by molar-refractivity contribution is 6.12. The van der Waals surface area contributed by atoms with E-state index in [2.05, 4.69) is 22.1 Å². The van der Waals surface area contributed by atoms with Crippen LogP contribution in [0.4, 0.5) is 5.69 Å². The van der Waals surface area contributed by atoms with E-state index in [1.165, 1.54) is 0 Å². The first-order chi connectivity index (χ1) is 32.8. The van der Waals surface area contributed by atoms with Crippen molar-refractivity contribution in [3.05, 3.63) is 184 Å². The maximum absolute atomic E-state index is 16.2. The molecule has 67 heavy (non-hydrogen) atoms. The molecule has 2 saturated heterocycles. The molecule has 4 heterocycles. The number of amides is 2. The van der Waals surface area contributed by atoms with Crippen LogP contribution in [0.2, 0.25) is 0 Å². The SMILES string of the molecule is COc1ccc(C#Cc2ccc3c(c2)[C@]2(C(=O)N3)[C@H](c3ccccc3OCCO)N3[C@H](c4ccccc4)[C@H](c4ccccc4)OC(=O)[C@H]3[C@@H]2C(=O)N2CCc3cc(OC)c(OC)cc3C2)cc1. The summed E-state index contributed by atoms with van der Waals surface area (Å²) in [4.78, 5) is 51.4. The van der Waals surface area contributed by atoms with Crippen LogP contribution in [0.3, 0.4) is 0 Å². The highest BCUT2D eigenvalue weighted by atomic mass is 16.6. The number of carbonyl (C=O) groups excluding carboxylic acids is 3. The molecule has 0 unspecified atom stereocenters. The summed E-state index contributed by atoms with van der Waals surface area (Å²) in [5, 5.41) is 13.3. The van der Waals surface area contributed by atoms with Gasteiger partial charge in [0, 0.05) is 35.5 Å². The molecule has 6 atom stereocenters. The van der Waals surface area contributed by atoms with Gasteiger partial charge in [-0.1, -0.05) is 90.7 Å². The molecule has 0 aliphatic carbocycles. The van der Waals surface area contributed by atoms with E-state index < -0.39 is 47.4 Å². The number of hydrogen-bond donors (Lipinski definition) is 2. The molecule has 4 aliphatic rings. The van der Waals surface area contributed by atoms with Crippen LogP contribution in [0.15, 0.2) is 140 Å². The Labute approximate surface area is 389 Å². The Morgan fingerprint density at radius 3 is 2.10 bits per heavy atom. The second kappa shape index (κ2) is 18.0. The lowest BCUT2D eigenvalue weighted by atomic mass is 9.64. The standard InChI is InChI=1S/C55H49N3O9/c1-63-40-23-20-34(21-24-40)18-19-35-22-25-43-42(30-35)55(54(62)56-43)47(52(60)57-27-26-38-31-45(64-2)46(65-3)32-39(38)33-57)49-53(61)67-50(37-14-8-5-9-15-37)48(36-12-6-4-7-13-36)58(49)51(55)41-16-10-11-17-44(41)66-29-28-59/h4-17,20-25,30-32,47-51,59H,26-29,33H2,1-3H3,(H,56,62)/t47-,48-,49-,50+,51+,55-/m1/s1. The number of morpholine rings is 1. The molecular weight excluding hydrogens is 847 g/mol. The molecule has 1 spiro atoms. The topological polar surface area (TPSA) is 136 Å². The van der Waals surface area contributed by atoms with E-state index in [0.717, 1.165) is 27.8 Å². The molecule has 0 bridgehead atoms. The smallest absolute Gasteiger partial charge is 0.324 e. The van der Waals surface area contributed by atoms with Gasteiger partial charge in [0.1, 0.15) is 35.7 Å². The van der Waals surface area contributed by atoms with E-state index in [1.807, 2.05) is 133 Å². The van der Waals surface area contributed by atoms with Crippen molar-refractivity contribution in [2.75, 3.05) is 46.4 Å². The fourth-order valence-corrected chi connectivity index (χ4v) is 10.7. The predicted molar refractivity (Wildman–Crippen MR) is 250 cm³/mol. The van der Waals surface area contributed by atoms with Gasteiger partial charge in [-0.3, -0.25) is 19.3 Å². The van der Waals surface area contributed by atoms with Gasteiger partial charge in [-0.05, 0) is 94.9 Å². The number of benzene rings is 6. The van der Waals surface area contributed by atoms with Crippen LogP contribution in [-0.2, 0) is 37.5 Å². The zero-order chi connectivity index (χ0) is 46.2. The van der Waals surface area contributed by atoms with Crippen molar-refractivity contribution in [3.63, 3.8) is 0 Å². The van der Waals surface area contributed by atoms with Gasteiger partial charge < -0.3 is 39.0 Å². The number of fused-ring (bicyclic) bond motifs is 4. The van der Waals surface area contributed by atoms with Gasteiger partial charge >= 0.3 is 5.97 Å². The molecule has 0 aromatic heterocycles. The molecule has 12 heteroatoms. The second-order valence-corrected chi connectivity index (χ2v) is 17.1. The summed E-state index contributed by atoms with van der Waals surface area (Å²) in [7, 11) is 4.77. The molecule has 2 N–H and O–H groups in total. The van der Waals surface area contributed by atoms with Gasteiger partial charge in [0.25, 0.3) is 0 Å². The Balaban J connectivity index is 1.23. The molecule has 6 aromatic rings. The first-order valence-electron chi connectivity index (χ1n) is 22.3. The summed E-state index contributed by atoms with van der Waals surface area (Å²) >= 11 is 0. The van der Waals surface area contributed by atoms with Gasteiger partial charge in [0.2, 0.25) is 11.8 Å². The Morgan fingerprint density at radius 2 is 1.40 bits per heavy atom. The zero-order valence-corrected chi connectivity index (χ0v) is 37.3. The third-order valence-electron chi connectivity index (χ3n) is 13.6. The molecule has 4 aliphatic heterocycles. The number of nitrogens with zero attached hydrogens (tertiary/aromatic N) is 2. The number of methoxy groups -OCH3 is 3. The minimum Gasteiger partial charge on any atom is -0.497 e. The fourth-order valence-electron chi connectivity index (χ4n) is 10.7. The minimum absolute atomic E-state index is 0.0331. The van der Waals surface area contributed by atoms with E-state index >= 15 is 14.4 Å². The highest BCUT2D eigenvalue weighted by Crippen LogP contribution is 2.66. The maximum atomic E-state index is 16.2. The Hall–Kier alpha value is -7.59. The third-order valence-corrected chi connectivity index (χ3v) is 13.6. The van der Waals surface area contributed by atoms with Crippen molar-refractivity contribution in [1.82, 2.24) is 9.80 Å². The number of anilines is 1. The van der Waals surface area contributed by atoms with E-state index in [9.17, 15) is 5.11 Å². The molecule has 6 aromatic carbocycles. The van der Waals surface area contributed by atoms with Crippen LogP contribution in [-0.4, -0.2) is 79.8 Å². The van der Waals surface area contributed by atoms with E-state index in [0.29, 0.717) is 58.3 Å². The van der Waals surface area contributed by atoms with Crippen LogP contribution in [0.25, 0.3) is 0 Å². The number of para-hydroxylation sites is 1. The number of hydrogen-bond acceptors (Lipinski definition) is 10. The number of ether oxygens (including phenoxy) is 5. The average Bonchev–Trinajstić information content (AvgIpc) is 3.85. The summed E-state index contributed by atoms with van der Waals surface area (Å²) in [6, 6.07) is 40.5. The molecule has 12 nitrogen and oxygen atoms in total. The number of cyclic esters (lactones) is 1. The van der Waals surface area contributed by atoms with Crippen LogP contribution in [0.1, 0.15) is 62.7 Å². The van der Waals surface area contributed by atoms with Crippen LogP contribution in [0, 0.1) is 17.8 Å². The van der Waals surface area contributed by atoms with Gasteiger partial charge in [0.15, 0.2) is 11.5 Å². The van der Waals surface area contributed by atoms with Gasteiger partial charge in [-0.25, -0.2) is 0 Å². The lowest BCUT2D eigenvalue weighted by molar-refractivity contribution is -0.179. The summed E-state index contributed by atoms with van der Waals surface area (Å²) in [6.45, 7) is 0.210. The summed E-state index contributed by atoms with van der Waals surface area (Å²) in [6.07, 6.45) is -0.348. The van der Waals surface area contributed by atoms with E-state index in [1.54, 1.807) is 32.3 Å². The van der Waals surface area contributed by atoms with Gasteiger partial charge in [-0.15, -0.1) is 0 Å². The molecule has 0 saturated carbocycles. The number of rotatable bonds is 10. The molecule has 2 fully saturated rings. The third kappa shape index (κ3) is 7.41. The van der Waals surface area contributed by atoms with Gasteiger partial charge in [-0.2, -0.15) is 0 Å². The number of nitrogens with one attached hydrogen (secondary N) is 1. The fraction of sp³-hybridized carbons (Fsp3) is 0.255. The largest absolute Gasteiger partial charge is 0.497 e. The van der Waals surface area contributed by atoms with Crippen molar-refractivity contribution in [1.29, 1.82) is 0 Å². The summed E-state index contributed by atoms with van der Waals surface area (Å²) in [5.41, 5.74) is 4.61. The van der Waals surface area contributed by atoms with Crippen LogP contribution in [0.5, 0.6) is 23.0 Å². The van der Waals surface area contributed by atoms with Gasteiger partial charge in [0.05, 0.1) is 45.9 Å². The number of carbonyl (C=O) groups is 3. The first kappa shape index (κ1) is 43.3. The first-order valence-corrected chi connectivity index (χ1v) is 22.3. The number of esters is 1. The van der Waals surface area contributed by atoms with E-state index in [-0.39, 0.29) is 25.7 Å². The van der Waals surface area contributed by atoms with Crippen molar-refractivity contribution >= 4 is 23.5 Å². The lowest BCUT2D eigenvalue weighted by Gasteiger charge is -2.46. The monoisotopic (exact) mass is 895 g/mol. The average molecular weight is 896 g/mol. The molecule has 0 radical (unpaired) electrons. The summed E-state index contributed by atoms with van der Waals surface area (Å²) in [5.74, 6) is 6.01. The number of aliphatic hydroxyl groups excluding tert-OH is 1. The zero-order valence-electron chi connectivity index (χ0n) is 37.3. The van der Waals surface area contributed by atoms with Crippen molar-refractivity contribution in [2.45, 2.75) is 42.6 Å². The molecule has 338 valence electrons. The quantitative estimate of drug-likeness (QED) is 0.106. The summed E-state index contributed by atoms with van der Waals surface area (Å²) < 4.78 is 29.7. The predicted octanol–water partition coefficient (Wildman–Crippen LogP) is 7.34. The Morgan fingerprint density at radius 1 is 0.746 bits per heavy atom. The Kier molecular flexibility index (Phi) is 11.6. The molecule has 2 amide bonds. The molecular formula is C55H49N3O9. The van der Waals surface area contributed by atoms with Crippen LogP contribution < -0.4 is 24.3 Å². The van der Waals surface area contributed by atoms with E-state index in [4.69, 9.17) is 23.7 Å². The minimum atomic E-state index is -1.77. The lowest BCUT2D eigenvalue weighted by Crippen LogP contribution is -2.56. The van der Waals surface area contributed by atoms with Crippen molar-refractivity contribution in [3.8, 4) is 34.8 Å².